The van der Waals surface area contributed by atoms with E-state index >= 15 is 0 Å². The van der Waals surface area contributed by atoms with Crippen LogP contribution in [0.5, 0.6) is 0 Å². The number of carboxylic acid groups (broad SMARTS) is 1. The zero-order valence-electron chi connectivity index (χ0n) is 10.7. The molecule has 3 aliphatic rings. The third-order valence-corrected chi connectivity index (χ3v) is 4.99. The van der Waals surface area contributed by atoms with E-state index in [4.69, 9.17) is 5.11 Å². The molecule has 0 aromatic heterocycles. The molecule has 3 rings (SSSR count). The van der Waals surface area contributed by atoms with Gasteiger partial charge < -0.3 is 10.4 Å². The molecule has 3 aliphatic carbocycles. The molecule has 0 aromatic carbocycles. The molecule has 0 heterocycles. The topological polar surface area (TPSA) is 66.4 Å². The predicted molar refractivity (Wildman–Crippen MR) is 65.9 cm³/mol. The molecule has 1 amide bonds. The van der Waals surface area contributed by atoms with Crippen LogP contribution in [0.25, 0.3) is 0 Å². The van der Waals surface area contributed by atoms with Crippen LogP contribution >= 0.6 is 0 Å². The number of rotatable bonds is 5. The number of aliphatic carboxylic acids is 1. The molecule has 0 bridgehead atoms. The van der Waals surface area contributed by atoms with Crippen LogP contribution in [-0.4, -0.2) is 23.0 Å². The summed E-state index contributed by atoms with van der Waals surface area (Å²) in [7, 11) is 0. The summed E-state index contributed by atoms with van der Waals surface area (Å²) in [5.74, 6) is -0.270. The zero-order valence-corrected chi connectivity index (χ0v) is 10.7. The number of carbonyl (C=O) groups excluding carboxylic acids is 1. The Labute approximate surface area is 107 Å². The standard InChI is InChI=1S/C14H21NO3/c16-12(10-8-14(10)5-1-2-6-14)15-11(13(17)18)7-9-3-4-9/h9-11H,1-8H2,(H,15,16)(H,17,18). The Balaban J connectivity index is 1.54. The van der Waals surface area contributed by atoms with Crippen LogP contribution < -0.4 is 5.32 Å². The first kappa shape index (κ1) is 12.0. The number of amides is 1. The fourth-order valence-electron chi connectivity index (χ4n) is 3.53. The molecule has 3 fully saturated rings. The molecule has 1 spiro atoms. The fourth-order valence-corrected chi connectivity index (χ4v) is 3.53. The quantitative estimate of drug-likeness (QED) is 0.784. The molecule has 2 N–H and O–H groups in total. The molecule has 2 atom stereocenters. The number of carboxylic acids is 1. The number of hydrogen-bond donors (Lipinski definition) is 2. The predicted octanol–water partition coefficient (Wildman–Crippen LogP) is 1.94. The second-order valence-corrected chi connectivity index (χ2v) is 6.40. The summed E-state index contributed by atoms with van der Waals surface area (Å²) in [6, 6.07) is -0.663. The first-order valence-corrected chi connectivity index (χ1v) is 7.14. The summed E-state index contributed by atoms with van der Waals surface area (Å²) >= 11 is 0. The first-order valence-electron chi connectivity index (χ1n) is 7.14. The van der Waals surface area contributed by atoms with Gasteiger partial charge >= 0.3 is 5.97 Å². The van der Waals surface area contributed by atoms with Crippen molar-refractivity contribution in [2.45, 2.75) is 57.4 Å². The highest BCUT2D eigenvalue weighted by Crippen LogP contribution is 2.62. The van der Waals surface area contributed by atoms with Crippen LogP contribution in [0.1, 0.15) is 51.4 Å². The summed E-state index contributed by atoms with van der Waals surface area (Å²) in [6.07, 6.45) is 8.61. The van der Waals surface area contributed by atoms with Crippen LogP contribution in [0, 0.1) is 17.3 Å². The molecule has 0 radical (unpaired) electrons. The van der Waals surface area contributed by atoms with Crippen LogP contribution in [0.4, 0.5) is 0 Å². The summed E-state index contributed by atoms with van der Waals surface area (Å²) in [5, 5.41) is 11.9. The van der Waals surface area contributed by atoms with E-state index in [-0.39, 0.29) is 17.2 Å². The van der Waals surface area contributed by atoms with Gasteiger partial charge in [0.15, 0.2) is 0 Å². The lowest BCUT2D eigenvalue weighted by Gasteiger charge is -2.15. The molecule has 0 saturated heterocycles. The van der Waals surface area contributed by atoms with E-state index in [1.54, 1.807) is 0 Å². The summed E-state index contributed by atoms with van der Waals surface area (Å²) < 4.78 is 0. The molecule has 2 unspecified atom stereocenters. The van der Waals surface area contributed by atoms with Gasteiger partial charge in [-0.2, -0.15) is 0 Å². The van der Waals surface area contributed by atoms with Crippen molar-refractivity contribution < 1.29 is 14.7 Å². The zero-order chi connectivity index (χ0) is 12.8. The van der Waals surface area contributed by atoms with Gasteiger partial charge in [0.25, 0.3) is 0 Å². The first-order chi connectivity index (χ1) is 8.61. The Morgan fingerprint density at radius 3 is 2.50 bits per heavy atom. The van der Waals surface area contributed by atoms with Crippen molar-refractivity contribution >= 4 is 11.9 Å². The lowest BCUT2D eigenvalue weighted by Crippen LogP contribution is -2.42. The van der Waals surface area contributed by atoms with Crippen LogP contribution in [-0.2, 0) is 9.59 Å². The van der Waals surface area contributed by atoms with Gasteiger partial charge in [-0.15, -0.1) is 0 Å². The Kier molecular flexibility index (Phi) is 2.83. The van der Waals surface area contributed by atoms with Crippen LogP contribution in [0.2, 0.25) is 0 Å². The highest BCUT2D eigenvalue weighted by atomic mass is 16.4. The number of hydrogen-bond acceptors (Lipinski definition) is 2. The minimum atomic E-state index is -0.878. The fraction of sp³-hybridized carbons (Fsp3) is 0.857. The molecular formula is C14H21NO3. The van der Waals surface area contributed by atoms with E-state index in [1.165, 1.54) is 12.8 Å². The number of carbonyl (C=O) groups is 2. The minimum absolute atomic E-state index is 0.00931. The van der Waals surface area contributed by atoms with Gasteiger partial charge in [-0.05, 0) is 37.0 Å². The molecule has 4 heteroatoms. The van der Waals surface area contributed by atoms with Gasteiger partial charge in [0.2, 0.25) is 5.91 Å². The molecule has 3 saturated carbocycles. The average molecular weight is 251 g/mol. The summed E-state index contributed by atoms with van der Waals surface area (Å²) in [5.41, 5.74) is 0.257. The lowest BCUT2D eigenvalue weighted by molar-refractivity contribution is -0.142. The van der Waals surface area contributed by atoms with Gasteiger partial charge in [-0.1, -0.05) is 25.7 Å². The Bertz CT molecular complexity index is 369. The molecule has 0 aromatic rings. The SMILES string of the molecule is O=C(O)C(CC1CC1)NC(=O)C1CC12CCCC2. The largest absolute Gasteiger partial charge is 0.480 e. The third-order valence-electron chi connectivity index (χ3n) is 4.99. The number of nitrogens with one attached hydrogen (secondary N) is 1. The third kappa shape index (κ3) is 2.25. The van der Waals surface area contributed by atoms with E-state index in [1.807, 2.05) is 0 Å². The molecule has 0 aliphatic heterocycles. The van der Waals surface area contributed by atoms with E-state index in [9.17, 15) is 9.59 Å². The maximum atomic E-state index is 12.1. The van der Waals surface area contributed by atoms with E-state index in [0.29, 0.717) is 12.3 Å². The van der Waals surface area contributed by atoms with Gasteiger partial charge in [0.05, 0.1) is 0 Å². The Morgan fingerprint density at radius 1 is 1.28 bits per heavy atom. The lowest BCUT2D eigenvalue weighted by atomic mass is 10.0. The summed E-state index contributed by atoms with van der Waals surface area (Å²) in [4.78, 5) is 23.2. The second-order valence-electron chi connectivity index (χ2n) is 6.40. The maximum absolute atomic E-state index is 12.1. The van der Waals surface area contributed by atoms with Crippen LogP contribution in [0.15, 0.2) is 0 Å². The Morgan fingerprint density at radius 2 is 1.94 bits per heavy atom. The Hall–Kier alpha value is -1.06. The van der Waals surface area contributed by atoms with Crippen molar-refractivity contribution in [3.8, 4) is 0 Å². The highest BCUT2D eigenvalue weighted by Gasteiger charge is 2.58. The average Bonchev–Trinajstić information content (AvgIpc) is 3.17. The van der Waals surface area contributed by atoms with Crippen molar-refractivity contribution in [2.24, 2.45) is 17.3 Å². The molecule has 18 heavy (non-hydrogen) atoms. The van der Waals surface area contributed by atoms with Gasteiger partial charge in [-0.3, -0.25) is 4.79 Å². The van der Waals surface area contributed by atoms with E-state index < -0.39 is 12.0 Å². The van der Waals surface area contributed by atoms with Crippen molar-refractivity contribution in [1.82, 2.24) is 5.32 Å². The molecule has 100 valence electrons. The monoisotopic (exact) mass is 251 g/mol. The summed E-state index contributed by atoms with van der Waals surface area (Å²) in [6.45, 7) is 0. The normalized spacial score (nSPS) is 30.1. The van der Waals surface area contributed by atoms with Crippen LogP contribution in [0.3, 0.4) is 0 Å². The highest BCUT2D eigenvalue weighted by molar-refractivity contribution is 5.87. The van der Waals surface area contributed by atoms with Crippen molar-refractivity contribution in [2.75, 3.05) is 0 Å². The smallest absolute Gasteiger partial charge is 0.326 e. The molecular weight excluding hydrogens is 230 g/mol. The minimum Gasteiger partial charge on any atom is -0.480 e. The van der Waals surface area contributed by atoms with Crippen molar-refractivity contribution in [3.05, 3.63) is 0 Å². The maximum Gasteiger partial charge on any atom is 0.326 e. The van der Waals surface area contributed by atoms with Crippen molar-refractivity contribution in [3.63, 3.8) is 0 Å². The molecule has 4 nitrogen and oxygen atoms in total. The van der Waals surface area contributed by atoms with E-state index in [0.717, 1.165) is 32.1 Å². The van der Waals surface area contributed by atoms with E-state index in [2.05, 4.69) is 5.32 Å². The second kappa shape index (κ2) is 4.25. The van der Waals surface area contributed by atoms with Gasteiger partial charge in [0.1, 0.15) is 6.04 Å². The van der Waals surface area contributed by atoms with Gasteiger partial charge in [-0.25, -0.2) is 4.79 Å². The van der Waals surface area contributed by atoms with Crippen molar-refractivity contribution in [1.29, 1.82) is 0 Å². The van der Waals surface area contributed by atoms with Gasteiger partial charge in [0, 0.05) is 5.92 Å².